The fraction of sp³-hybridized carbons (Fsp3) is 0.188. The van der Waals surface area contributed by atoms with Gasteiger partial charge in [0.1, 0.15) is 5.75 Å². The van der Waals surface area contributed by atoms with E-state index < -0.39 is 0 Å². The van der Waals surface area contributed by atoms with Crippen LogP contribution in [0.25, 0.3) is 10.9 Å². The number of hydrogen-bond acceptors (Lipinski definition) is 3. The highest BCUT2D eigenvalue weighted by atomic mass is 16.5. The fourth-order valence-corrected chi connectivity index (χ4v) is 2.17. The molecule has 3 rings (SSSR count). The molecule has 0 bridgehead atoms. The van der Waals surface area contributed by atoms with Gasteiger partial charge in [0.25, 0.3) is 0 Å². The van der Waals surface area contributed by atoms with Gasteiger partial charge in [0, 0.05) is 24.0 Å². The minimum Gasteiger partial charge on any atom is -0.494 e. The number of nitrogens with zero attached hydrogens (tertiary/aromatic N) is 2. The number of rotatable bonds is 5. The second kappa shape index (κ2) is 5.65. The molecule has 0 aliphatic heterocycles. The molecule has 4 heteroatoms. The van der Waals surface area contributed by atoms with Gasteiger partial charge >= 0.3 is 0 Å². The Morgan fingerprint density at radius 2 is 1.85 bits per heavy atom. The molecule has 0 saturated carbocycles. The zero-order valence-corrected chi connectivity index (χ0v) is 11.2. The van der Waals surface area contributed by atoms with Crippen LogP contribution in [0.15, 0.2) is 54.7 Å². The Labute approximate surface area is 117 Å². The molecule has 0 aliphatic rings. The number of aromatic nitrogens is 2. The van der Waals surface area contributed by atoms with Crippen LogP contribution in [-0.2, 0) is 6.54 Å². The van der Waals surface area contributed by atoms with E-state index in [4.69, 9.17) is 10.5 Å². The van der Waals surface area contributed by atoms with Gasteiger partial charge in [-0.15, -0.1) is 0 Å². The quantitative estimate of drug-likeness (QED) is 0.571. The van der Waals surface area contributed by atoms with Gasteiger partial charge in [-0.25, -0.2) is 0 Å². The summed E-state index contributed by atoms with van der Waals surface area (Å²) in [5.41, 5.74) is 7.55. The predicted molar refractivity (Wildman–Crippen MR) is 80.7 cm³/mol. The molecule has 20 heavy (non-hydrogen) atoms. The van der Waals surface area contributed by atoms with Crippen LogP contribution in [0.5, 0.6) is 5.75 Å². The molecule has 1 aromatic heterocycles. The van der Waals surface area contributed by atoms with Crippen LogP contribution in [-0.4, -0.2) is 16.4 Å². The van der Waals surface area contributed by atoms with Crippen molar-refractivity contribution in [2.24, 2.45) is 0 Å². The second-order valence-electron chi connectivity index (χ2n) is 4.70. The van der Waals surface area contributed by atoms with E-state index in [-0.39, 0.29) is 0 Å². The topological polar surface area (TPSA) is 53.1 Å². The summed E-state index contributed by atoms with van der Waals surface area (Å²) in [7, 11) is 0. The maximum atomic E-state index is 5.67. The standard InChI is InChI=1S/C16H17N3O/c17-14-6-8-15(9-7-14)20-11-3-10-19-16-5-2-1-4-13(16)12-18-19/h1-2,4-9,12H,3,10-11,17H2. The molecule has 0 fully saturated rings. The molecule has 0 atom stereocenters. The summed E-state index contributed by atoms with van der Waals surface area (Å²) >= 11 is 0. The van der Waals surface area contributed by atoms with E-state index in [0.29, 0.717) is 6.61 Å². The predicted octanol–water partition coefficient (Wildman–Crippen LogP) is 3.09. The molecule has 0 radical (unpaired) electrons. The fourth-order valence-electron chi connectivity index (χ4n) is 2.17. The van der Waals surface area contributed by atoms with Crippen molar-refractivity contribution < 1.29 is 4.74 Å². The van der Waals surface area contributed by atoms with Gasteiger partial charge in [-0.05, 0) is 30.3 Å². The first-order valence-corrected chi connectivity index (χ1v) is 6.72. The number of fused-ring (bicyclic) bond motifs is 1. The molecule has 102 valence electrons. The Bertz CT molecular complexity index is 688. The lowest BCUT2D eigenvalue weighted by Crippen LogP contribution is -2.05. The van der Waals surface area contributed by atoms with Gasteiger partial charge in [0.05, 0.1) is 18.3 Å². The summed E-state index contributed by atoms with van der Waals surface area (Å²) in [6.45, 7) is 1.51. The smallest absolute Gasteiger partial charge is 0.119 e. The molecule has 1 heterocycles. The van der Waals surface area contributed by atoms with Crippen molar-refractivity contribution in [2.45, 2.75) is 13.0 Å². The number of hydrogen-bond donors (Lipinski definition) is 1. The van der Waals surface area contributed by atoms with Crippen molar-refractivity contribution in [1.29, 1.82) is 0 Å². The summed E-state index contributed by atoms with van der Waals surface area (Å²) in [5.74, 6) is 0.851. The highest BCUT2D eigenvalue weighted by Gasteiger charge is 2.01. The lowest BCUT2D eigenvalue weighted by molar-refractivity contribution is 0.300. The second-order valence-corrected chi connectivity index (χ2v) is 4.70. The van der Waals surface area contributed by atoms with E-state index in [1.165, 1.54) is 10.9 Å². The number of benzene rings is 2. The molecular weight excluding hydrogens is 250 g/mol. The maximum absolute atomic E-state index is 5.67. The normalized spacial score (nSPS) is 10.8. The molecule has 4 nitrogen and oxygen atoms in total. The first kappa shape index (κ1) is 12.5. The minimum absolute atomic E-state index is 0.665. The molecule has 0 saturated heterocycles. The lowest BCUT2D eigenvalue weighted by atomic mass is 10.2. The lowest BCUT2D eigenvalue weighted by Gasteiger charge is -2.07. The number of anilines is 1. The zero-order chi connectivity index (χ0) is 13.8. The molecule has 2 aromatic carbocycles. The highest BCUT2D eigenvalue weighted by molar-refractivity contribution is 5.78. The van der Waals surface area contributed by atoms with Crippen molar-refractivity contribution >= 4 is 16.6 Å². The zero-order valence-electron chi connectivity index (χ0n) is 11.2. The van der Waals surface area contributed by atoms with E-state index in [1.54, 1.807) is 0 Å². The maximum Gasteiger partial charge on any atom is 0.119 e. The van der Waals surface area contributed by atoms with Gasteiger partial charge in [-0.1, -0.05) is 18.2 Å². The first-order valence-electron chi connectivity index (χ1n) is 6.72. The van der Waals surface area contributed by atoms with Gasteiger partial charge in [-0.2, -0.15) is 5.10 Å². The van der Waals surface area contributed by atoms with Gasteiger partial charge in [0.2, 0.25) is 0 Å². The van der Waals surface area contributed by atoms with Crippen LogP contribution in [0, 0.1) is 0 Å². The largest absolute Gasteiger partial charge is 0.494 e. The Balaban J connectivity index is 1.54. The number of aryl methyl sites for hydroxylation is 1. The van der Waals surface area contributed by atoms with Gasteiger partial charge < -0.3 is 10.5 Å². The van der Waals surface area contributed by atoms with Crippen LogP contribution >= 0.6 is 0 Å². The molecule has 0 unspecified atom stereocenters. The van der Waals surface area contributed by atoms with Crippen molar-refractivity contribution in [2.75, 3.05) is 12.3 Å². The Morgan fingerprint density at radius 1 is 1.05 bits per heavy atom. The van der Waals surface area contributed by atoms with E-state index in [1.807, 2.05) is 47.3 Å². The van der Waals surface area contributed by atoms with Gasteiger partial charge in [-0.3, -0.25) is 4.68 Å². The summed E-state index contributed by atoms with van der Waals surface area (Å²) in [5, 5.41) is 5.57. The van der Waals surface area contributed by atoms with Crippen LogP contribution < -0.4 is 10.5 Å². The Morgan fingerprint density at radius 3 is 2.70 bits per heavy atom. The molecule has 2 N–H and O–H groups in total. The number of nitrogen functional groups attached to an aromatic ring is 1. The summed E-state index contributed by atoms with van der Waals surface area (Å²) in [6.07, 6.45) is 2.81. The van der Waals surface area contributed by atoms with Crippen LogP contribution in [0.3, 0.4) is 0 Å². The number of ether oxygens (including phenoxy) is 1. The summed E-state index contributed by atoms with van der Waals surface area (Å²) in [6, 6.07) is 15.7. The third kappa shape index (κ3) is 2.74. The van der Waals surface area contributed by atoms with Crippen LogP contribution in [0.4, 0.5) is 5.69 Å². The Kier molecular flexibility index (Phi) is 3.54. The van der Waals surface area contributed by atoms with E-state index in [2.05, 4.69) is 17.2 Å². The molecule has 0 spiro atoms. The van der Waals surface area contributed by atoms with Crippen LogP contribution in [0.1, 0.15) is 6.42 Å². The monoisotopic (exact) mass is 267 g/mol. The average molecular weight is 267 g/mol. The van der Waals surface area contributed by atoms with Gasteiger partial charge in [0.15, 0.2) is 0 Å². The third-order valence-electron chi connectivity index (χ3n) is 3.21. The summed E-state index contributed by atoms with van der Waals surface area (Å²) in [4.78, 5) is 0. The van der Waals surface area contributed by atoms with Crippen molar-refractivity contribution in [1.82, 2.24) is 9.78 Å². The molecule has 0 amide bonds. The van der Waals surface area contributed by atoms with E-state index in [0.717, 1.165) is 24.4 Å². The third-order valence-corrected chi connectivity index (χ3v) is 3.21. The molecular formula is C16H17N3O. The minimum atomic E-state index is 0.665. The molecule has 0 aliphatic carbocycles. The van der Waals surface area contributed by atoms with Crippen LogP contribution in [0.2, 0.25) is 0 Å². The average Bonchev–Trinajstić information content (AvgIpc) is 2.89. The summed E-state index contributed by atoms with van der Waals surface area (Å²) < 4.78 is 7.69. The van der Waals surface area contributed by atoms with Crippen molar-refractivity contribution in [3.63, 3.8) is 0 Å². The number of para-hydroxylation sites is 1. The van der Waals surface area contributed by atoms with E-state index in [9.17, 15) is 0 Å². The van der Waals surface area contributed by atoms with Crippen molar-refractivity contribution in [3.8, 4) is 5.75 Å². The van der Waals surface area contributed by atoms with E-state index >= 15 is 0 Å². The SMILES string of the molecule is Nc1ccc(OCCCn2ncc3ccccc32)cc1. The Hall–Kier alpha value is -2.49. The molecule has 3 aromatic rings. The number of nitrogens with two attached hydrogens (primary N) is 1. The first-order chi connectivity index (χ1) is 9.83. The van der Waals surface area contributed by atoms with Crippen molar-refractivity contribution in [3.05, 3.63) is 54.7 Å². The highest BCUT2D eigenvalue weighted by Crippen LogP contribution is 2.15.